The molecule has 0 saturated carbocycles. The number of nitrogens with one attached hydrogen (secondary N) is 2. The van der Waals surface area contributed by atoms with Gasteiger partial charge in [-0.05, 0) is 0 Å². The summed E-state index contributed by atoms with van der Waals surface area (Å²) in [6.45, 7) is 0.638. The zero-order chi connectivity index (χ0) is 13.0. The summed E-state index contributed by atoms with van der Waals surface area (Å²) in [7, 11) is 0. The molecule has 1 aliphatic rings. The fourth-order valence-corrected chi connectivity index (χ4v) is 2.67. The van der Waals surface area contributed by atoms with Crippen molar-refractivity contribution in [3.05, 3.63) is 12.2 Å². The average Bonchev–Trinajstić information content (AvgIpc) is 2.89. The van der Waals surface area contributed by atoms with E-state index in [1.807, 2.05) is 0 Å². The summed E-state index contributed by atoms with van der Waals surface area (Å²) in [4.78, 5) is 28.1. The highest BCUT2D eigenvalue weighted by molar-refractivity contribution is 7.99. The summed E-state index contributed by atoms with van der Waals surface area (Å²) in [5.74, 6) is 0.725. The van der Waals surface area contributed by atoms with Crippen LogP contribution < -0.4 is 5.32 Å². The SMILES string of the molecule is O=C(O)C1CSCCN1C(=O)NCc1ncn[nH]1. The van der Waals surface area contributed by atoms with E-state index in [-0.39, 0.29) is 12.6 Å². The molecule has 1 aliphatic heterocycles. The van der Waals surface area contributed by atoms with E-state index in [2.05, 4.69) is 20.5 Å². The Bertz CT molecular complexity index is 424. The van der Waals surface area contributed by atoms with Crippen LogP contribution in [0.15, 0.2) is 6.33 Å². The number of amides is 2. The lowest BCUT2D eigenvalue weighted by Gasteiger charge is -2.32. The molecule has 2 heterocycles. The van der Waals surface area contributed by atoms with Gasteiger partial charge in [-0.15, -0.1) is 0 Å². The second-order valence-corrected chi connectivity index (χ2v) is 4.86. The van der Waals surface area contributed by atoms with Gasteiger partial charge in [-0.1, -0.05) is 0 Å². The molecule has 8 nitrogen and oxygen atoms in total. The van der Waals surface area contributed by atoms with Crippen LogP contribution in [0.5, 0.6) is 0 Å². The Balaban J connectivity index is 1.92. The van der Waals surface area contributed by atoms with Crippen molar-refractivity contribution < 1.29 is 14.7 Å². The molecule has 0 spiro atoms. The maximum atomic E-state index is 11.9. The van der Waals surface area contributed by atoms with E-state index in [0.717, 1.165) is 5.75 Å². The molecule has 0 aromatic carbocycles. The first-order valence-corrected chi connectivity index (χ1v) is 6.53. The highest BCUT2D eigenvalue weighted by Gasteiger charge is 2.32. The molecule has 0 radical (unpaired) electrons. The summed E-state index contributed by atoms with van der Waals surface area (Å²) in [6.07, 6.45) is 1.35. The zero-order valence-electron chi connectivity index (χ0n) is 9.50. The Morgan fingerprint density at radius 3 is 3.17 bits per heavy atom. The molecule has 2 amide bonds. The van der Waals surface area contributed by atoms with Gasteiger partial charge in [0, 0.05) is 18.1 Å². The molecular weight excluding hydrogens is 258 g/mol. The van der Waals surface area contributed by atoms with Gasteiger partial charge in [-0.2, -0.15) is 16.9 Å². The van der Waals surface area contributed by atoms with Crippen LogP contribution in [0.3, 0.4) is 0 Å². The number of carboxylic acid groups (broad SMARTS) is 1. The third-order valence-corrected chi connectivity index (χ3v) is 3.57. The Kier molecular flexibility index (Phi) is 4.03. The number of aromatic amines is 1. The number of H-pyrrole nitrogens is 1. The number of hydrogen-bond donors (Lipinski definition) is 3. The second-order valence-electron chi connectivity index (χ2n) is 3.71. The fourth-order valence-electron chi connectivity index (χ4n) is 1.63. The number of nitrogens with zero attached hydrogens (tertiary/aromatic N) is 3. The second kappa shape index (κ2) is 5.71. The van der Waals surface area contributed by atoms with Crippen molar-refractivity contribution >= 4 is 23.8 Å². The number of thioether (sulfide) groups is 1. The minimum absolute atomic E-state index is 0.203. The minimum atomic E-state index is -0.975. The van der Waals surface area contributed by atoms with Crippen molar-refractivity contribution in [2.24, 2.45) is 0 Å². The van der Waals surface area contributed by atoms with E-state index in [0.29, 0.717) is 18.1 Å². The van der Waals surface area contributed by atoms with Crippen LogP contribution in [0.25, 0.3) is 0 Å². The van der Waals surface area contributed by atoms with Gasteiger partial charge in [0.05, 0.1) is 6.54 Å². The van der Waals surface area contributed by atoms with Gasteiger partial charge in [0.25, 0.3) is 0 Å². The first-order valence-electron chi connectivity index (χ1n) is 5.37. The lowest BCUT2D eigenvalue weighted by atomic mass is 10.3. The molecule has 18 heavy (non-hydrogen) atoms. The van der Waals surface area contributed by atoms with Gasteiger partial charge in [-0.25, -0.2) is 14.6 Å². The van der Waals surface area contributed by atoms with E-state index in [4.69, 9.17) is 5.11 Å². The molecule has 1 saturated heterocycles. The van der Waals surface area contributed by atoms with Crippen molar-refractivity contribution in [3.8, 4) is 0 Å². The number of urea groups is 1. The molecule has 1 aromatic rings. The molecule has 0 bridgehead atoms. The van der Waals surface area contributed by atoms with Gasteiger partial charge in [0.15, 0.2) is 0 Å². The summed E-state index contributed by atoms with van der Waals surface area (Å²) < 4.78 is 0. The Morgan fingerprint density at radius 1 is 1.67 bits per heavy atom. The zero-order valence-corrected chi connectivity index (χ0v) is 10.3. The number of aromatic nitrogens is 3. The Hall–Kier alpha value is -1.77. The van der Waals surface area contributed by atoms with Crippen LogP contribution in [0.1, 0.15) is 5.82 Å². The van der Waals surface area contributed by atoms with E-state index in [1.54, 1.807) is 0 Å². The number of aliphatic carboxylic acids is 1. The maximum Gasteiger partial charge on any atom is 0.327 e. The van der Waals surface area contributed by atoms with E-state index in [9.17, 15) is 9.59 Å². The van der Waals surface area contributed by atoms with Crippen LogP contribution in [0.2, 0.25) is 0 Å². The smallest absolute Gasteiger partial charge is 0.327 e. The maximum absolute atomic E-state index is 11.9. The minimum Gasteiger partial charge on any atom is -0.480 e. The van der Waals surface area contributed by atoms with E-state index >= 15 is 0 Å². The third kappa shape index (κ3) is 2.92. The average molecular weight is 271 g/mol. The molecule has 2 rings (SSSR count). The number of carbonyl (C=O) groups is 2. The Morgan fingerprint density at radius 2 is 2.50 bits per heavy atom. The topological polar surface area (TPSA) is 111 Å². The lowest BCUT2D eigenvalue weighted by Crippen LogP contribution is -2.53. The van der Waals surface area contributed by atoms with Crippen LogP contribution in [-0.2, 0) is 11.3 Å². The summed E-state index contributed by atoms with van der Waals surface area (Å²) in [5, 5.41) is 17.9. The number of rotatable bonds is 3. The molecule has 1 atom stereocenters. The molecule has 1 unspecified atom stereocenters. The predicted octanol–water partition coefficient (Wildman–Crippen LogP) is -0.484. The number of hydrogen-bond acceptors (Lipinski definition) is 5. The summed E-state index contributed by atoms with van der Waals surface area (Å²) >= 11 is 1.54. The predicted molar refractivity (Wildman–Crippen MR) is 64.1 cm³/mol. The van der Waals surface area contributed by atoms with Gasteiger partial charge in [0.1, 0.15) is 18.2 Å². The van der Waals surface area contributed by atoms with Crippen LogP contribution >= 0.6 is 11.8 Å². The van der Waals surface area contributed by atoms with Crippen LogP contribution in [0.4, 0.5) is 4.79 Å². The molecule has 0 aliphatic carbocycles. The Labute approximate surface area is 107 Å². The summed E-state index contributed by atoms with van der Waals surface area (Å²) in [6, 6.07) is -1.16. The largest absolute Gasteiger partial charge is 0.480 e. The molecule has 9 heteroatoms. The van der Waals surface area contributed by atoms with Gasteiger partial charge >= 0.3 is 12.0 Å². The van der Waals surface area contributed by atoms with E-state index in [1.165, 1.54) is 23.0 Å². The first-order chi connectivity index (χ1) is 8.68. The number of carboxylic acids is 1. The van der Waals surface area contributed by atoms with Crippen molar-refractivity contribution in [1.82, 2.24) is 25.4 Å². The molecule has 98 valence electrons. The molecule has 1 aromatic heterocycles. The van der Waals surface area contributed by atoms with Crippen LogP contribution in [-0.4, -0.2) is 61.3 Å². The first kappa shape index (κ1) is 12.7. The van der Waals surface area contributed by atoms with Crippen LogP contribution in [0, 0.1) is 0 Å². The fraction of sp³-hybridized carbons (Fsp3) is 0.556. The molecular formula is C9H13N5O3S. The lowest BCUT2D eigenvalue weighted by molar-refractivity contribution is -0.141. The van der Waals surface area contributed by atoms with Crippen molar-refractivity contribution in [3.63, 3.8) is 0 Å². The van der Waals surface area contributed by atoms with Crippen molar-refractivity contribution in [2.45, 2.75) is 12.6 Å². The van der Waals surface area contributed by atoms with Crippen molar-refractivity contribution in [1.29, 1.82) is 0 Å². The standard InChI is InChI=1S/C9H13N5O3S/c15-8(16)6-4-18-2-1-14(6)9(17)10-3-7-11-5-12-13-7/h5-6H,1-4H2,(H,10,17)(H,15,16)(H,11,12,13). The highest BCUT2D eigenvalue weighted by atomic mass is 32.2. The molecule has 1 fully saturated rings. The van der Waals surface area contributed by atoms with Gasteiger partial charge in [-0.3, -0.25) is 5.10 Å². The molecule has 3 N–H and O–H groups in total. The third-order valence-electron chi connectivity index (χ3n) is 2.55. The van der Waals surface area contributed by atoms with Gasteiger partial charge < -0.3 is 15.3 Å². The van der Waals surface area contributed by atoms with Gasteiger partial charge in [0.2, 0.25) is 0 Å². The van der Waals surface area contributed by atoms with Crippen molar-refractivity contribution in [2.75, 3.05) is 18.1 Å². The van der Waals surface area contributed by atoms with E-state index < -0.39 is 12.0 Å². The summed E-state index contributed by atoms with van der Waals surface area (Å²) in [5.41, 5.74) is 0. The normalized spacial score (nSPS) is 19.6. The number of carbonyl (C=O) groups excluding carboxylic acids is 1. The highest BCUT2D eigenvalue weighted by Crippen LogP contribution is 2.16. The monoisotopic (exact) mass is 271 g/mol. The quantitative estimate of drug-likeness (QED) is 0.684.